The molecule has 96 valence electrons. The van der Waals surface area contributed by atoms with E-state index < -0.39 is 0 Å². The summed E-state index contributed by atoms with van der Waals surface area (Å²) < 4.78 is 5.55. The van der Waals surface area contributed by atoms with Crippen molar-refractivity contribution in [3.05, 3.63) is 46.6 Å². The van der Waals surface area contributed by atoms with Gasteiger partial charge in [0.05, 0.1) is 13.0 Å². The van der Waals surface area contributed by atoms with Crippen LogP contribution in [0, 0.1) is 0 Å². The molecule has 2 rings (SSSR count). The lowest BCUT2D eigenvalue weighted by Gasteiger charge is -2.03. The molecule has 0 atom stereocenters. The molecule has 0 spiro atoms. The summed E-state index contributed by atoms with van der Waals surface area (Å²) in [5, 5.41) is 12.0. The van der Waals surface area contributed by atoms with E-state index in [4.69, 9.17) is 16.0 Å². The van der Waals surface area contributed by atoms with Crippen LogP contribution in [-0.4, -0.2) is 16.2 Å². The summed E-state index contributed by atoms with van der Waals surface area (Å²) in [6, 6.07) is 8.05. The Hall–Kier alpha value is -1.39. The Bertz CT molecular complexity index is 510. The normalized spacial score (nSPS) is 11.1. The number of hydrogen-bond acceptors (Lipinski definition) is 4. The lowest BCUT2D eigenvalue weighted by Crippen LogP contribution is -2.21. The zero-order valence-corrected chi connectivity index (χ0v) is 11.2. The van der Waals surface area contributed by atoms with Gasteiger partial charge in [-0.25, -0.2) is 0 Å². The Kier molecular flexibility index (Phi) is 4.33. The molecule has 0 radical (unpaired) electrons. The molecule has 0 saturated carbocycles. The monoisotopic (exact) mass is 265 g/mol. The van der Waals surface area contributed by atoms with E-state index in [1.54, 1.807) is 0 Å². The van der Waals surface area contributed by atoms with Gasteiger partial charge in [0.2, 0.25) is 11.8 Å². The number of hydrogen-bond donors (Lipinski definition) is 1. The second kappa shape index (κ2) is 5.98. The molecule has 0 saturated heterocycles. The highest BCUT2D eigenvalue weighted by Gasteiger charge is 2.09. The van der Waals surface area contributed by atoms with Crippen LogP contribution in [0.2, 0.25) is 5.02 Å². The molecule has 1 heterocycles. The third-order valence-corrected chi connectivity index (χ3v) is 2.84. The predicted molar refractivity (Wildman–Crippen MR) is 70.5 cm³/mol. The number of nitrogens with zero attached hydrogens (tertiary/aromatic N) is 2. The topological polar surface area (TPSA) is 51.0 Å². The summed E-state index contributed by atoms with van der Waals surface area (Å²) >= 11 is 6.08. The molecule has 1 aromatic carbocycles. The predicted octanol–water partition coefficient (Wildman–Crippen LogP) is 2.81. The van der Waals surface area contributed by atoms with Gasteiger partial charge >= 0.3 is 0 Å². The van der Waals surface area contributed by atoms with E-state index in [9.17, 15) is 0 Å². The molecule has 0 aliphatic carbocycles. The lowest BCUT2D eigenvalue weighted by molar-refractivity contribution is 0.427. The van der Waals surface area contributed by atoms with Crippen LogP contribution in [0.1, 0.15) is 31.2 Å². The molecule has 4 nitrogen and oxygen atoms in total. The van der Waals surface area contributed by atoms with Crippen molar-refractivity contribution in [1.82, 2.24) is 15.5 Å². The maximum absolute atomic E-state index is 6.08. The zero-order chi connectivity index (χ0) is 13.0. The average molecular weight is 266 g/mol. The SMILES string of the molecule is CC(C)NCc1nnc(Cc2ccccc2Cl)o1. The van der Waals surface area contributed by atoms with Gasteiger partial charge in [-0.15, -0.1) is 10.2 Å². The highest BCUT2D eigenvalue weighted by Crippen LogP contribution is 2.18. The quantitative estimate of drug-likeness (QED) is 0.903. The van der Waals surface area contributed by atoms with Gasteiger partial charge < -0.3 is 9.73 Å². The second-order valence-corrected chi connectivity index (χ2v) is 4.80. The number of halogens is 1. The summed E-state index contributed by atoms with van der Waals surface area (Å²) in [6.07, 6.45) is 0.564. The highest BCUT2D eigenvalue weighted by molar-refractivity contribution is 6.31. The first-order chi connectivity index (χ1) is 8.65. The first kappa shape index (κ1) is 13.1. The molecular weight excluding hydrogens is 250 g/mol. The van der Waals surface area contributed by atoms with E-state index in [0.29, 0.717) is 30.8 Å². The van der Waals surface area contributed by atoms with Crippen LogP contribution >= 0.6 is 11.6 Å². The van der Waals surface area contributed by atoms with E-state index in [1.807, 2.05) is 24.3 Å². The van der Waals surface area contributed by atoms with Gasteiger partial charge in [-0.1, -0.05) is 43.6 Å². The molecule has 0 aliphatic heterocycles. The second-order valence-electron chi connectivity index (χ2n) is 4.39. The fourth-order valence-corrected chi connectivity index (χ4v) is 1.73. The van der Waals surface area contributed by atoms with E-state index in [0.717, 1.165) is 10.6 Å². The first-order valence-electron chi connectivity index (χ1n) is 5.93. The summed E-state index contributed by atoms with van der Waals surface area (Å²) in [7, 11) is 0. The van der Waals surface area contributed by atoms with Gasteiger partial charge in [0, 0.05) is 11.1 Å². The van der Waals surface area contributed by atoms with E-state index in [1.165, 1.54) is 0 Å². The third-order valence-electron chi connectivity index (χ3n) is 2.47. The van der Waals surface area contributed by atoms with Crippen molar-refractivity contribution >= 4 is 11.6 Å². The molecule has 0 aliphatic rings. The minimum Gasteiger partial charge on any atom is -0.424 e. The molecular formula is C13H16ClN3O. The molecule has 0 unspecified atom stereocenters. The number of nitrogens with one attached hydrogen (secondary N) is 1. The minimum absolute atomic E-state index is 0.393. The van der Waals surface area contributed by atoms with Crippen LogP contribution in [-0.2, 0) is 13.0 Å². The number of rotatable bonds is 5. The maximum Gasteiger partial charge on any atom is 0.230 e. The highest BCUT2D eigenvalue weighted by atomic mass is 35.5. The number of aromatic nitrogens is 2. The van der Waals surface area contributed by atoms with Crippen LogP contribution < -0.4 is 5.32 Å². The van der Waals surface area contributed by atoms with Crippen molar-refractivity contribution in [3.63, 3.8) is 0 Å². The van der Waals surface area contributed by atoms with Gasteiger partial charge in [0.1, 0.15) is 0 Å². The molecule has 5 heteroatoms. The van der Waals surface area contributed by atoms with Crippen molar-refractivity contribution in [3.8, 4) is 0 Å². The Morgan fingerprint density at radius 3 is 2.67 bits per heavy atom. The fraction of sp³-hybridized carbons (Fsp3) is 0.385. The Morgan fingerprint density at radius 2 is 1.94 bits per heavy atom. The average Bonchev–Trinajstić information content (AvgIpc) is 2.77. The van der Waals surface area contributed by atoms with Gasteiger partial charge in [-0.05, 0) is 11.6 Å². The first-order valence-corrected chi connectivity index (χ1v) is 6.31. The lowest BCUT2D eigenvalue weighted by atomic mass is 10.1. The van der Waals surface area contributed by atoms with Gasteiger partial charge in [-0.3, -0.25) is 0 Å². The van der Waals surface area contributed by atoms with Gasteiger partial charge in [0.25, 0.3) is 0 Å². The molecule has 0 bridgehead atoms. The third kappa shape index (κ3) is 3.55. The van der Waals surface area contributed by atoms with Crippen molar-refractivity contribution in [1.29, 1.82) is 0 Å². The summed E-state index contributed by atoms with van der Waals surface area (Å²) in [5.41, 5.74) is 0.992. The molecule has 1 aromatic heterocycles. The van der Waals surface area contributed by atoms with E-state index in [-0.39, 0.29) is 0 Å². The fourth-order valence-electron chi connectivity index (χ4n) is 1.53. The molecule has 18 heavy (non-hydrogen) atoms. The van der Waals surface area contributed by atoms with Crippen LogP contribution in [0.5, 0.6) is 0 Å². The van der Waals surface area contributed by atoms with Crippen LogP contribution in [0.3, 0.4) is 0 Å². The minimum atomic E-state index is 0.393. The van der Waals surface area contributed by atoms with Gasteiger partial charge in [0.15, 0.2) is 0 Å². The molecule has 0 amide bonds. The Labute approximate surface area is 111 Å². The molecule has 2 aromatic rings. The largest absolute Gasteiger partial charge is 0.424 e. The van der Waals surface area contributed by atoms with Crippen LogP contribution in [0.4, 0.5) is 0 Å². The number of benzene rings is 1. The molecule has 0 fully saturated rings. The summed E-state index contributed by atoms with van der Waals surface area (Å²) in [5.74, 6) is 1.19. The zero-order valence-electron chi connectivity index (χ0n) is 10.5. The van der Waals surface area contributed by atoms with Crippen molar-refractivity contribution < 1.29 is 4.42 Å². The summed E-state index contributed by atoms with van der Waals surface area (Å²) in [4.78, 5) is 0. The maximum atomic E-state index is 6.08. The summed E-state index contributed by atoms with van der Waals surface area (Å²) in [6.45, 7) is 4.73. The molecule has 1 N–H and O–H groups in total. The Morgan fingerprint density at radius 1 is 1.22 bits per heavy atom. The van der Waals surface area contributed by atoms with Gasteiger partial charge in [-0.2, -0.15) is 0 Å². The van der Waals surface area contributed by atoms with Crippen molar-refractivity contribution in [2.45, 2.75) is 32.9 Å². The van der Waals surface area contributed by atoms with Crippen LogP contribution in [0.15, 0.2) is 28.7 Å². The van der Waals surface area contributed by atoms with E-state index >= 15 is 0 Å². The van der Waals surface area contributed by atoms with E-state index in [2.05, 4.69) is 29.4 Å². The van der Waals surface area contributed by atoms with Crippen molar-refractivity contribution in [2.24, 2.45) is 0 Å². The van der Waals surface area contributed by atoms with Crippen molar-refractivity contribution in [2.75, 3.05) is 0 Å². The van der Waals surface area contributed by atoms with Crippen LogP contribution in [0.25, 0.3) is 0 Å². The Balaban J connectivity index is 2.00. The smallest absolute Gasteiger partial charge is 0.230 e. The standard InChI is InChI=1S/C13H16ClN3O/c1-9(2)15-8-13-17-16-12(18-13)7-10-5-3-4-6-11(10)14/h3-6,9,15H,7-8H2,1-2H3.